The van der Waals surface area contributed by atoms with E-state index in [1.54, 1.807) is 0 Å². The number of nitrogens with one attached hydrogen (secondary N) is 8. The van der Waals surface area contributed by atoms with Crippen LogP contribution in [0.5, 0.6) is 0 Å². The summed E-state index contributed by atoms with van der Waals surface area (Å²) in [5, 5.41) is 21.8. The maximum Gasteiger partial charge on any atom is 0.295 e. The molecule has 746 valence electrons. The van der Waals surface area contributed by atoms with E-state index in [-0.39, 0.29) is 77.5 Å². The number of sulfonamides is 4. The van der Waals surface area contributed by atoms with E-state index < -0.39 is 297 Å². The number of rotatable bonds is 53. The highest BCUT2D eigenvalue weighted by Gasteiger charge is 2.33. The second kappa shape index (κ2) is 44.8. The van der Waals surface area contributed by atoms with E-state index in [2.05, 4.69) is 72.4 Å². The molecule has 8 amide bonds. The summed E-state index contributed by atoms with van der Waals surface area (Å²) in [6.07, 6.45) is -3.39. The minimum atomic E-state index is -5.63. The number of hydrogen-bond donors (Lipinski definition) is 18. The Labute approximate surface area is 798 Å². The Morgan fingerprint density at radius 2 is 0.407 bits per heavy atom. The second-order valence-corrected chi connectivity index (χ2v) is 43.0. The van der Waals surface area contributed by atoms with E-state index in [0.29, 0.717) is 12.1 Å². The first-order chi connectivity index (χ1) is 65.4. The van der Waals surface area contributed by atoms with Crippen LogP contribution in [0.1, 0.15) is 51.4 Å². The normalized spacial score (nSPS) is 12.2. The van der Waals surface area contributed by atoms with Crippen LogP contribution in [0.2, 0.25) is 0 Å². The average molecular weight is 2090 g/mol. The number of nitrogens with zero attached hydrogens (tertiary/aromatic N) is 10. The number of anilines is 16. The van der Waals surface area contributed by atoms with Gasteiger partial charge in [0.2, 0.25) is 123 Å². The van der Waals surface area contributed by atoms with Crippen molar-refractivity contribution < 1.29 is 124 Å². The van der Waals surface area contributed by atoms with E-state index in [1.807, 2.05) is 0 Å². The summed E-state index contributed by atoms with van der Waals surface area (Å²) >= 11 is 0. The Hall–Kier alpha value is -14.8. The summed E-state index contributed by atoms with van der Waals surface area (Å²) < 4.78 is 268. The maximum absolute atomic E-state index is 13.8. The first-order valence-electron chi connectivity index (χ1n) is 40.2. The van der Waals surface area contributed by atoms with E-state index in [1.165, 1.54) is 48.5 Å². The average Bonchev–Trinajstić information content (AvgIpc) is 0.761. The van der Waals surface area contributed by atoms with Crippen molar-refractivity contribution in [1.82, 2.24) is 47.1 Å². The van der Waals surface area contributed by atoms with Crippen molar-refractivity contribution in [3.8, 4) is 11.1 Å². The van der Waals surface area contributed by atoms with Gasteiger partial charge in [-0.15, -0.1) is 0 Å². The molecular formula is C78H86N26O28S8-2. The Balaban J connectivity index is 0.940. The van der Waals surface area contributed by atoms with Crippen molar-refractivity contribution in [3.05, 3.63) is 170 Å². The van der Waals surface area contributed by atoms with Crippen LogP contribution in [0.4, 0.5) is 92.6 Å². The summed E-state index contributed by atoms with van der Waals surface area (Å²) in [7, 11) is -40.1. The smallest absolute Gasteiger partial charge is 0.295 e. The molecular weight excluding hydrogens is 2010 g/mol. The predicted molar refractivity (Wildman–Crippen MR) is 498 cm³/mol. The Kier molecular flexibility index (Phi) is 34.3. The first-order valence-corrected chi connectivity index (χ1v) is 51.7. The summed E-state index contributed by atoms with van der Waals surface area (Å²) in [6.45, 7) is -3.38. The molecule has 2 heterocycles. The van der Waals surface area contributed by atoms with Crippen molar-refractivity contribution in [1.29, 1.82) is 0 Å². The van der Waals surface area contributed by atoms with Gasteiger partial charge < -0.3 is 97.5 Å². The van der Waals surface area contributed by atoms with Crippen LogP contribution in [-0.2, 0) is 119 Å². The Morgan fingerprint density at radius 3 is 0.586 bits per heavy atom. The number of carbonyl (C=O) groups is 8. The van der Waals surface area contributed by atoms with Crippen molar-refractivity contribution in [2.75, 3.05) is 94.9 Å². The van der Waals surface area contributed by atoms with Crippen molar-refractivity contribution in [3.63, 3.8) is 0 Å². The van der Waals surface area contributed by atoms with Crippen LogP contribution in [0.25, 0.3) is 11.1 Å². The highest BCUT2D eigenvalue weighted by Crippen LogP contribution is 2.40. The van der Waals surface area contributed by atoms with Crippen LogP contribution in [0.3, 0.4) is 0 Å². The number of hydrogen-bond acceptors (Lipinski definition) is 40. The number of benzene rings is 8. The van der Waals surface area contributed by atoms with Crippen LogP contribution >= 0.6 is 0 Å². The molecule has 0 unspecified atom stereocenters. The molecule has 2 aromatic heterocycles. The zero-order valence-electron chi connectivity index (χ0n) is 72.3. The van der Waals surface area contributed by atoms with Crippen molar-refractivity contribution in [2.24, 2.45) is 45.9 Å². The lowest BCUT2D eigenvalue weighted by atomic mass is 10.0. The molecule has 54 nitrogen and oxygen atoms in total. The standard InChI is InChI=1S/C78H88N26O28S8/c79-65(105)25-33-101(34-26-66(80)106)133(113,114)53-13-1-45(2-14-53)89-73-95-74(90-46-3-15-54(16-4-46)134(115,116)102(35-27-67(81)107)36-28-68(82)108)98-77(97-73)93-51-11-23-59(63(43-51)139(127,128)129)87-49-9-21-57(61(41-49)137(121,122)123)58-22-10-50(42-62(58)138(124,125)126)88-60-24-12-52(44-64(60)140(130,131)132)94-78-99-75(91-47-5-17-55(18-6-47)135(117,118)103(37-29-69(83)109)38-30-70(84)110)96-76(100-78)92-48-7-19-56(20-8-48)136(119,120)104(39-31-71(85)111)40-32-72(86)112/h1-24,41-44,87-88H,25-40H2,(H2,79,105)(H2,80,106)(H2,81,107)(H2,82,108)(H2,83,109)(H2,84,110)(H2,85,111)(H2,86,112)(H,121,122,123)(H,124,125,126)(H,127,128,129)(H,130,131,132)(H3,89,90,93,95,97,98)(H3,91,92,94,96,99,100)/p-2. The third-order valence-corrected chi connectivity index (χ3v) is 30.7. The highest BCUT2D eigenvalue weighted by molar-refractivity contribution is 7.90. The molecule has 62 heteroatoms. The maximum atomic E-state index is 13.8. The lowest BCUT2D eigenvalue weighted by molar-refractivity contribution is -0.119. The first kappa shape index (κ1) is 107. The van der Waals surface area contributed by atoms with Gasteiger partial charge in [-0.3, -0.25) is 47.5 Å². The van der Waals surface area contributed by atoms with Crippen LogP contribution in [-0.4, -0.2) is 232 Å². The number of aromatic nitrogens is 6. The van der Waals surface area contributed by atoms with Gasteiger partial charge >= 0.3 is 0 Å². The van der Waals surface area contributed by atoms with Gasteiger partial charge in [0.05, 0.1) is 40.7 Å². The number of carbonyl (C=O) groups excluding carboxylic acids is 8. The molecule has 0 bridgehead atoms. The molecule has 0 fully saturated rings. The molecule has 26 N–H and O–H groups in total. The molecule has 0 saturated heterocycles. The molecule has 0 radical (unpaired) electrons. The summed E-state index contributed by atoms with van der Waals surface area (Å²) in [4.78, 5) is 114. The van der Waals surface area contributed by atoms with Crippen LogP contribution in [0.15, 0.2) is 209 Å². The molecule has 0 aliphatic carbocycles. The third-order valence-electron chi connectivity index (χ3n) is 19.5. The van der Waals surface area contributed by atoms with Crippen LogP contribution in [0, 0.1) is 0 Å². The fraction of sp³-hybridized carbons (Fsp3) is 0.205. The molecule has 0 aliphatic rings. The summed E-state index contributed by atoms with van der Waals surface area (Å²) in [5.74, 6) is -9.22. The van der Waals surface area contributed by atoms with Crippen molar-refractivity contribution in [2.45, 2.75) is 90.5 Å². The molecule has 8 aromatic carbocycles. The predicted octanol–water partition coefficient (Wildman–Crippen LogP) is 0.940. The van der Waals surface area contributed by atoms with E-state index in [9.17, 15) is 124 Å². The fourth-order valence-corrected chi connectivity index (χ4v) is 21.3. The highest BCUT2D eigenvalue weighted by atomic mass is 32.2. The molecule has 10 rings (SSSR count). The third kappa shape index (κ3) is 29.6. The molecule has 10 aromatic rings. The Bertz CT molecular complexity index is 6680. The van der Waals surface area contributed by atoms with Crippen molar-refractivity contribution >= 4 is 220 Å². The van der Waals surface area contributed by atoms with Gasteiger partial charge in [0, 0.05) is 160 Å². The molecule has 140 heavy (non-hydrogen) atoms. The molecule has 0 spiro atoms. The molecule has 0 atom stereocenters. The van der Waals surface area contributed by atoms with E-state index in [0.717, 1.165) is 126 Å². The zero-order valence-corrected chi connectivity index (χ0v) is 78.9. The number of primary amides is 8. The SMILES string of the molecule is NC(=O)CCN(CCC(N)=O)S(=O)(=O)c1ccc(Nc2nc(Nc3ccc(S(=O)(=O)N(CCC(N)=O)CCC(N)=O)cc3)nc(Nc3ccc(Nc4ccc(-c5ccc(Nc6ccc(Nc7nc(Nc8ccc(S(=O)(=O)N(CCC(N)=O)CCC(N)=O)cc8)nc(Nc8ccc(S(=O)(=O)N(CCC(N)=O)CCC(N)=O)cc8)n7)cc6S(=O)(=O)[O-])cc5S(=O)(=O)O)c(S(=O)(=O)O)c4)c(S(=O)(=O)[O-])c3)n2)cc1. The van der Waals surface area contributed by atoms with Crippen LogP contribution < -0.4 is 88.4 Å². The Morgan fingerprint density at radius 1 is 0.243 bits per heavy atom. The summed E-state index contributed by atoms with van der Waals surface area (Å²) in [5.41, 5.74) is 38.5. The monoisotopic (exact) mass is 2090 g/mol. The largest absolute Gasteiger partial charge is 0.744 e. The van der Waals surface area contributed by atoms with Gasteiger partial charge in [-0.1, -0.05) is 12.1 Å². The van der Waals surface area contributed by atoms with Gasteiger partial charge in [-0.2, -0.15) is 64.0 Å². The lowest BCUT2D eigenvalue weighted by Crippen LogP contribution is -2.36. The fourth-order valence-electron chi connectivity index (χ4n) is 12.8. The molecule has 0 saturated carbocycles. The number of amides is 8. The summed E-state index contributed by atoms with van der Waals surface area (Å²) in [6, 6.07) is 29.8. The zero-order chi connectivity index (χ0) is 103. The van der Waals surface area contributed by atoms with Gasteiger partial charge in [0.15, 0.2) is 0 Å². The number of nitrogens with two attached hydrogens (primary N) is 8. The van der Waals surface area contributed by atoms with E-state index >= 15 is 0 Å². The topological polar surface area (TPSA) is 891 Å². The van der Waals surface area contributed by atoms with Gasteiger partial charge in [0.1, 0.15) is 30.0 Å². The second-order valence-electron chi connectivity index (χ2n) is 29.8. The van der Waals surface area contributed by atoms with Gasteiger partial charge in [-0.25, -0.2) is 50.5 Å². The molecule has 0 aliphatic heterocycles. The lowest BCUT2D eigenvalue weighted by Gasteiger charge is -2.21. The quantitative estimate of drug-likeness (QED) is 0.0236. The minimum absolute atomic E-state index is 0.0787. The van der Waals surface area contributed by atoms with E-state index in [4.69, 9.17) is 45.9 Å². The van der Waals surface area contributed by atoms with Gasteiger partial charge in [-0.05, 0) is 158 Å². The minimum Gasteiger partial charge on any atom is -0.744 e. The van der Waals surface area contributed by atoms with Gasteiger partial charge in [0.25, 0.3) is 20.2 Å².